The Morgan fingerprint density at radius 2 is 1.89 bits per heavy atom. The molecule has 0 heterocycles. The van der Waals surface area contributed by atoms with Gasteiger partial charge in [-0.3, -0.25) is 4.90 Å². The minimum atomic E-state index is -0.719. The topological polar surface area (TPSA) is 49.5 Å². The van der Waals surface area contributed by atoms with Gasteiger partial charge in [0.2, 0.25) is 0 Å². The summed E-state index contributed by atoms with van der Waals surface area (Å²) in [6.45, 7) is 8.47. The van der Waals surface area contributed by atoms with Crippen LogP contribution in [-0.4, -0.2) is 35.2 Å². The summed E-state index contributed by atoms with van der Waals surface area (Å²) in [6, 6.07) is 8.55. The first-order valence-corrected chi connectivity index (χ1v) is 7.00. The molecule has 0 aliphatic heterocycles. The van der Waals surface area contributed by atoms with E-state index in [2.05, 4.69) is 36.9 Å². The standard InChI is InChI=1S/C16H28N2O/c1-6-14(17)15(18(5)11-16(3,4)19)13-10-8-7-9-12(13)2/h7-10,14-15,19H,6,11,17H2,1-5H3. The van der Waals surface area contributed by atoms with Crippen molar-refractivity contribution in [2.24, 2.45) is 5.73 Å². The maximum Gasteiger partial charge on any atom is 0.0718 e. The lowest BCUT2D eigenvalue weighted by Gasteiger charge is -2.36. The number of nitrogens with two attached hydrogens (primary N) is 1. The monoisotopic (exact) mass is 264 g/mol. The summed E-state index contributed by atoms with van der Waals surface area (Å²) in [5.74, 6) is 0. The van der Waals surface area contributed by atoms with Crippen molar-refractivity contribution in [3.8, 4) is 0 Å². The second-order valence-corrected chi connectivity index (χ2v) is 6.10. The van der Waals surface area contributed by atoms with Gasteiger partial charge in [0, 0.05) is 18.6 Å². The predicted octanol–water partition coefficient (Wildman–Crippen LogP) is 2.48. The van der Waals surface area contributed by atoms with Gasteiger partial charge in [-0.2, -0.15) is 0 Å². The van der Waals surface area contributed by atoms with Gasteiger partial charge in [-0.1, -0.05) is 31.2 Å². The number of hydrogen-bond acceptors (Lipinski definition) is 3. The number of hydrogen-bond donors (Lipinski definition) is 2. The Morgan fingerprint density at radius 3 is 2.37 bits per heavy atom. The molecule has 0 bridgehead atoms. The molecule has 0 aromatic heterocycles. The fourth-order valence-corrected chi connectivity index (χ4v) is 2.65. The molecule has 3 heteroatoms. The quantitative estimate of drug-likeness (QED) is 0.830. The predicted molar refractivity (Wildman–Crippen MR) is 81.1 cm³/mol. The second-order valence-electron chi connectivity index (χ2n) is 6.10. The van der Waals surface area contributed by atoms with Gasteiger partial charge < -0.3 is 10.8 Å². The third-order valence-electron chi connectivity index (χ3n) is 3.50. The van der Waals surface area contributed by atoms with E-state index < -0.39 is 5.60 Å². The smallest absolute Gasteiger partial charge is 0.0718 e. The SMILES string of the molecule is CCC(N)C(c1ccccc1C)N(C)CC(C)(C)O. The van der Waals surface area contributed by atoms with Crippen LogP contribution in [0.15, 0.2) is 24.3 Å². The highest BCUT2D eigenvalue weighted by molar-refractivity contribution is 5.30. The third kappa shape index (κ3) is 4.60. The molecule has 0 amide bonds. The van der Waals surface area contributed by atoms with Crippen LogP contribution >= 0.6 is 0 Å². The Kier molecular flexibility index (Phi) is 5.53. The Morgan fingerprint density at radius 1 is 1.32 bits per heavy atom. The summed E-state index contributed by atoms with van der Waals surface area (Å²) in [4.78, 5) is 2.16. The lowest BCUT2D eigenvalue weighted by Crippen LogP contribution is -2.45. The van der Waals surface area contributed by atoms with Gasteiger partial charge in [-0.05, 0) is 45.4 Å². The zero-order valence-electron chi connectivity index (χ0n) is 12.9. The van der Waals surface area contributed by atoms with Gasteiger partial charge in [0.05, 0.1) is 5.60 Å². The molecule has 0 spiro atoms. The third-order valence-corrected chi connectivity index (χ3v) is 3.50. The van der Waals surface area contributed by atoms with Crippen molar-refractivity contribution in [1.82, 2.24) is 4.90 Å². The van der Waals surface area contributed by atoms with Gasteiger partial charge in [-0.15, -0.1) is 0 Å². The van der Waals surface area contributed by atoms with Gasteiger partial charge in [-0.25, -0.2) is 0 Å². The van der Waals surface area contributed by atoms with Crippen LogP contribution in [0.25, 0.3) is 0 Å². The van der Waals surface area contributed by atoms with Crippen LogP contribution < -0.4 is 5.73 Å². The summed E-state index contributed by atoms with van der Waals surface area (Å²) < 4.78 is 0. The van der Waals surface area contributed by atoms with E-state index in [1.54, 1.807) is 0 Å². The number of rotatable bonds is 6. The number of nitrogens with zero attached hydrogens (tertiary/aromatic N) is 1. The molecular weight excluding hydrogens is 236 g/mol. The summed E-state index contributed by atoms with van der Waals surface area (Å²) in [5.41, 5.74) is 8.10. The second kappa shape index (κ2) is 6.51. The van der Waals surface area contributed by atoms with E-state index in [4.69, 9.17) is 5.73 Å². The minimum Gasteiger partial charge on any atom is -0.389 e. The summed E-state index contributed by atoms with van der Waals surface area (Å²) >= 11 is 0. The normalized spacial score (nSPS) is 15.6. The van der Waals surface area contributed by atoms with Crippen LogP contribution in [0.4, 0.5) is 0 Å². The highest BCUT2D eigenvalue weighted by atomic mass is 16.3. The number of benzene rings is 1. The molecule has 0 saturated carbocycles. The van der Waals surface area contributed by atoms with Crippen LogP contribution in [0.5, 0.6) is 0 Å². The maximum atomic E-state index is 10.0. The van der Waals surface area contributed by atoms with Crippen molar-refractivity contribution in [2.75, 3.05) is 13.6 Å². The van der Waals surface area contributed by atoms with E-state index in [9.17, 15) is 5.11 Å². The molecule has 0 saturated heterocycles. The highest BCUT2D eigenvalue weighted by Gasteiger charge is 2.27. The Hall–Kier alpha value is -0.900. The van der Waals surface area contributed by atoms with E-state index in [1.807, 2.05) is 27.0 Å². The van der Waals surface area contributed by atoms with E-state index in [0.717, 1.165) is 6.42 Å². The fourth-order valence-electron chi connectivity index (χ4n) is 2.65. The molecule has 0 aliphatic rings. The first kappa shape index (κ1) is 16.2. The first-order valence-electron chi connectivity index (χ1n) is 7.00. The van der Waals surface area contributed by atoms with Crippen LogP contribution in [0.1, 0.15) is 44.4 Å². The van der Waals surface area contributed by atoms with E-state index >= 15 is 0 Å². The average molecular weight is 264 g/mol. The van der Waals surface area contributed by atoms with Crippen LogP contribution in [0.2, 0.25) is 0 Å². The van der Waals surface area contributed by atoms with Crippen molar-refractivity contribution in [1.29, 1.82) is 0 Å². The number of aryl methyl sites for hydroxylation is 1. The number of aliphatic hydroxyl groups is 1. The van der Waals surface area contributed by atoms with Gasteiger partial charge in [0.25, 0.3) is 0 Å². The Balaban J connectivity index is 3.05. The van der Waals surface area contributed by atoms with Crippen LogP contribution in [0.3, 0.4) is 0 Å². The molecule has 0 aliphatic carbocycles. The molecule has 2 unspecified atom stereocenters. The summed E-state index contributed by atoms with van der Waals surface area (Å²) in [7, 11) is 2.03. The number of likely N-dealkylation sites (N-methyl/N-ethyl adjacent to an activating group) is 1. The molecular formula is C16H28N2O. The molecule has 1 aromatic rings. The fraction of sp³-hybridized carbons (Fsp3) is 0.625. The first-order chi connectivity index (χ1) is 8.76. The van der Waals surface area contributed by atoms with Gasteiger partial charge in [0.15, 0.2) is 0 Å². The molecule has 1 aromatic carbocycles. The minimum absolute atomic E-state index is 0.0634. The molecule has 3 nitrogen and oxygen atoms in total. The molecule has 0 fully saturated rings. The Bertz CT molecular complexity index is 398. The molecule has 19 heavy (non-hydrogen) atoms. The van der Waals surface area contributed by atoms with Crippen molar-refractivity contribution >= 4 is 0 Å². The largest absolute Gasteiger partial charge is 0.389 e. The van der Waals surface area contributed by atoms with Crippen molar-refractivity contribution in [3.05, 3.63) is 35.4 Å². The van der Waals surface area contributed by atoms with Gasteiger partial charge in [0.1, 0.15) is 0 Å². The lowest BCUT2D eigenvalue weighted by atomic mass is 9.92. The van der Waals surface area contributed by atoms with E-state index in [1.165, 1.54) is 11.1 Å². The molecule has 0 radical (unpaired) electrons. The van der Waals surface area contributed by atoms with Gasteiger partial charge >= 0.3 is 0 Å². The molecule has 3 N–H and O–H groups in total. The Labute approximate surface area is 117 Å². The van der Waals surface area contributed by atoms with Crippen molar-refractivity contribution in [2.45, 2.75) is 51.8 Å². The molecule has 2 atom stereocenters. The van der Waals surface area contributed by atoms with Crippen molar-refractivity contribution in [3.63, 3.8) is 0 Å². The van der Waals surface area contributed by atoms with E-state index in [-0.39, 0.29) is 12.1 Å². The average Bonchev–Trinajstić information content (AvgIpc) is 2.29. The molecule has 1 rings (SSSR count). The van der Waals surface area contributed by atoms with Crippen molar-refractivity contribution < 1.29 is 5.11 Å². The maximum absolute atomic E-state index is 10.0. The zero-order chi connectivity index (χ0) is 14.6. The summed E-state index contributed by atoms with van der Waals surface area (Å²) in [5, 5.41) is 10.0. The molecule has 108 valence electrons. The van der Waals surface area contributed by atoms with E-state index in [0.29, 0.717) is 6.54 Å². The lowest BCUT2D eigenvalue weighted by molar-refractivity contribution is 0.0265. The summed E-state index contributed by atoms with van der Waals surface area (Å²) in [6.07, 6.45) is 0.912. The van der Waals surface area contributed by atoms with Crippen LogP contribution in [0, 0.1) is 6.92 Å². The zero-order valence-corrected chi connectivity index (χ0v) is 12.9. The van der Waals surface area contributed by atoms with Crippen LogP contribution in [-0.2, 0) is 0 Å². The highest BCUT2D eigenvalue weighted by Crippen LogP contribution is 2.27.